The van der Waals surface area contributed by atoms with E-state index in [1.54, 1.807) is 20.3 Å². The maximum atomic E-state index is 5.98. The van der Waals surface area contributed by atoms with Gasteiger partial charge in [0.05, 0.1) is 19.2 Å². The summed E-state index contributed by atoms with van der Waals surface area (Å²) in [5, 5.41) is 0.544. The third-order valence-corrected chi connectivity index (χ3v) is 2.39. The predicted octanol–water partition coefficient (Wildman–Crippen LogP) is 2.25. The summed E-state index contributed by atoms with van der Waals surface area (Å²) in [4.78, 5) is 0. The summed E-state index contributed by atoms with van der Waals surface area (Å²) in [6.45, 7) is 1.94. The smallest absolute Gasteiger partial charge is 0.137 e. The van der Waals surface area contributed by atoms with Gasteiger partial charge in [-0.25, -0.2) is 0 Å². The van der Waals surface area contributed by atoms with Crippen LogP contribution in [0.4, 0.5) is 0 Å². The fourth-order valence-corrected chi connectivity index (χ4v) is 1.66. The minimum atomic E-state index is 0.0739. The maximum absolute atomic E-state index is 5.98. The van der Waals surface area contributed by atoms with E-state index in [9.17, 15) is 0 Å². The van der Waals surface area contributed by atoms with Crippen LogP contribution in [0.3, 0.4) is 0 Å². The van der Waals surface area contributed by atoms with Crippen LogP contribution in [0, 0.1) is 0 Å². The van der Waals surface area contributed by atoms with Gasteiger partial charge in [0.2, 0.25) is 0 Å². The normalized spacial score (nSPS) is 12.3. The van der Waals surface area contributed by atoms with E-state index in [1.807, 2.05) is 13.0 Å². The lowest BCUT2D eigenvalue weighted by Gasteiger charge is -2.13. The highest BCUT2D eigenvalue weighted by Crippen LogP contribution is 2.32. The lowest BCUT2D eigenvalue weighted by atomic mass is 10.1. The molecule has 0 spiro atoms. The van der Waals surface area contributed by atoms with Gasteiger partial charge < -0.3 is 15.2 Å². The van der Waals surface area contributed by atoms with Crippen LogP contribution in [0.15, 0.2) is 12.1 Å². The molecular formula is C11H16ClNO2. The first-order valence-corrected chi connectivity index (χ1v) is 5.12. The van der Waals surface area contributed by atoms with E-state index >= 15 is 0 Å². The summed E-state index contributed by atoms with van der Waals surface area (Å²) < 4.78 is 10.4. The molecule has 4 heteroatoms. The Bertz CT molecular complexity index is 340. The van der Waals surface area contributed by atoms with Crippen molar-refractivity contribution in [2.75, 3.05) is 14.2 Å². The fraction of sp³-hybridized carbons (Fsp3) is 0.455. The molecule has 1 aromatic rings. The van der Waals surface area contributed by atoms with Crippen molar-refractivity contribution in [1.82, 2.24) is 0 Å². The van der Waals surface area contributed by atoms with Crippen molar-refractivity contribution in [2.24, 2.45) is 5.73 Å². The molecule has 1 atom stereocenters. The van der Waals surface area contributed by atoms with E-state index in [4.69, 9.17) is 26.8 Å². The van der Waals surface area contributed by atoms with E-state index in [2.05, 4.69) is 0 Å². The van der Waals surface area contributed by atoms with Crippen LogP contribution in [0.25, 0.3) is 0 Å². The van der Waals surface area contributed by atoms with Crippen molar-refractivity contribution in [2.45, 2.75) is 19.4 Å². The molecule has 0 saturated carbocycles. The Morgan fingerprint density at radius 1 is 1.27 bits per heavy atom. The van der Waals surface area contributed by atoms with E-state index in [0.717, 1.165) is 17.7 Å². The highest BCUT2D eigenvalue weighted by molar-refractivity contribution is 6.32. The Balaban J connectivity index is 3.10. The fourth-order valence-electron chi connectivity index (χ4n) is 1.43. The van der Waals surface area contributed by atoms with Gasteiger partial charge in [0.15, 0.2) is 0 Å². The number of hydrogen-bond donors (Lipinski definition) is 1. The number of methoxy groups -OCH3 is 2. The second kappa shape index (κ2) is 5.24. The summed E-state index contributed by atoms with van der Waals surface area (Å²) in [5.74, 6) is 1.39. The number of ether oxygens (including phenoxy) is 2. The van der Waals surface area contributed by atoms with Crippen molar-refractivity contribution in [1.29, 1.82) is 0 Å². The molecule has 0 bridgehead atoms. The summed E-state index contributed by atoms with van der Waals surface area (Å²) >= 11 is 5.98. The Hall–Kier alpha value is -0.930. The number of hydrogen-bond acceptors (Lipinski definition) is 3. The van der Waals surface area contributed by atoms with Crippen LogP contribution in [0.5, 0.6) is 11.5 Å². The summed E-state index contributed by atoms with van der Waals surface area (Å²) in [7, 11) is 3.20. The number of benzene rings is 1. The molecule has 3 nitrogen and oxygen atoms in total. The molecule has 0 unspecified atom stereocenters. The minimum Gasteiger partial charge on any atom is -0.496 e. The molecule has 0 aliphatic heterocycles. The largest absolute Gasteiger partial charge is 0.496 e. The minimum absolute atomic E-state index is 0.0739. The number of nitrogens with two attached hydrogens (primary N) is 1. The SMILES string of the molecule is COc1cc(C[C@@H](C)N)c(OC)cc1Cl. The summed E-state index contributed by atoms with van der Waals surface area (Å²) in [6.07, 6.45) is 0.733. The molecule has 0 aliphatic rings. The first-order chi connectivity index (χ1) is 7.08. The topological polar surface area (TPSA) is 44.5 Å². The Labute approximate surface area is 95.1 Å². The van der Waals surface area contributed by atoms with E-state index in [-0.39, 0.29) is 6.04 Å². The quantitative estimate of drug-likeness (QED) is 0.861. The van der Waals surface area contributed by atoms with Gasteiger partial charge in [-0.1, -0.05) is 11.6 Å². The van der Waals surface area contributed by atoms with Gasteiger partial charge in [0.1, 0.15) is 11.5 Å². The zero-order valence-corrected chi connectivity index (χ0v) is 9.97. The molecule has 0 amide bonds. The number of rotatable bonds is 4. The second-order valence-electron chi connectivity index (χ2n) is 3.48. The molecule has 1 rings (SSSR count). The van der Waals surface area contributed by atoms with Gasteiger partial charge in [-0.3, -0.25) is 0 Å². The van der Waals surface area contributed by atoms with Crippen LogP contribution in [0.2, 0.25) is 5.02 Å². The Kier molecular flexibility index (Phi) is 4.24. The second-order valence-corrected chi connectivity index (χ2v) is 3.89. The zero-order chi connectivity index (χ0) is 11.4. The van der Waals surface area contributed by atoms with E-state index in [0.29, 0.717) is 10.8 Å². The lowest BCUT2D eigenvalue weighted by Crippen LogP contribution is -2.18. The van der Waals surface area contributed by atoms with Crippen molar-refractivity contribution in [3.8, 4) is 11.5 Å². The standard InChI is InChI=1S/C11H16ClNO2/c1-7(13)4-8-5-11(15-3)9(12)6-10(8)14-2/h5-7H,4,13H2,1-3H3/t7-/m1/s1. The first kappa shape index (κ1) is 12.1. The number of halogens is 1. The average Bonchev–Trinajstić information content (AvgIpc) is 2.19. The molecule has 0 aliphatic carbocycles. The van der Waals surface area contributed by atoms with Crippen LogP contribution in [0.1, 0.15) is 12.5 Å². The highest BCUT2D eigenvalue weighted by Gasteiger charge is 2.10. The Morgan fingerprint density at radius 3 is 2.33 bits per heavy atom. The summed E-state index contributed by atoms with van der Waals surface area (Å²) in [5.41, 5.74) is 6.76. The molecule has 0 saturated heterocycles. The van der Waals surface area contributed by atoms with Gasteiger partial charge in [0.25, 0.3) is 0 Å². The Morgan fingerprint density at radius 2 is 1.87 bits per heavy atom. The van der Waals surface area contributed by atoms with Crippen molar-refractivity contribution >= 4 is 11.6 Å². The highest BCUT2D eigenvalue weighted by atomic mass is 35.5. The monoisotopic (exact) mass is 229 g/mol. The molecule has 0 fully saturated rings. The first-order valence-electron chi connectivity index (χ1n) is 4.74. The third-order valence-electron chi connectivity index (χ3n) is 2.10. The van der Waals surface area contributed by atoms with Crippen molar-refractivity contribution in [3.05, 3.63) is 22.7 Å². The molecule has 15 heavy (non-hydrogen) atoms. The van der Waals surface area contributed by atoms with Crippen LogP contribution in [-0.4, -0.2) is 20.3 Å². The molecule has 2 N–H and O–H groups in total. The molecule has 0 radical (unpaired) electrons. The van der Waals surface area contributed by atoms with Gasteiger partial charge in [0, 0.05) is 12.1 Å². The molecular weight excluding hydrogens is 214 g/mol. The maximum Gasteiger partial charge on any atom is 0.137 e. The van der Waals surface area contributed by atoms with Crippen molar-refractivity contribution < 1.29 is 9.47 Å². The molecule has 84 valence electrons. The molecule has 0 aromatic heterocycles. The van der Waals surface area contributed by atoms with Gasteiger partial charge >= 0.3 is 0 Å². The van der Waals surface area contributed by atoms with Gasteiger partial charge in [-0.05, 0) is 25.0 Å². The average molecular weight is 230 g/mol. The van der Waals surface area contributed by atoms with Crippen LogP contribution < -0.4 is 15.2 Å². The summed E-state index contributed by atoms with van der Waals surface area (Å²) in [6, 6.07) is 3.69. The van der Waals surface area contributed by atoms with Gasteiger partial charge in [-0.2, -0.15) is 0 Å². The molecule has 1 aromatic carbocycles. The molecule has 0 heterocycles. The van der Waals surface area contributed by atoms with Crippen LogP contribution >= 0.6 is 11.6 Å². The van der Waals surface area contributed by atoms with Crippen LogP contribution in [-0.2, 0) is 6.42 Å². The lowest BCUT2D eigenvalue weighted by molar-refractivity contribution is 0.398. The van der Waals surface area contributed by atoms with Gasteiger partial charge in [-0.15, -0.1) is 0 Å². The van der Waals surface area contributed by atoms with E-state index < -0.39 is 0 Å². The third kappa shape index (κ3) is 3.01. The zero-order valence-electron chi connectivity index (χ0n) is 9.21. The van der Waals surface area contributed by atoms with Crippen molar-refractivity contribution in [3.63, 3.8) is 0 Å². The van der Waals surface area contributed by atoms with E-state index in [1.165, 1.54) is 0 Å². The predicted molar refractivity (Wildman–Crippen MR) is 61.9 cm³/mol.